The van der Waals surface area contributed by atoms with Crippen LogP contribution < -0.4 is 10.2 Å². The molecule has 0 radical (unpaired) electrons. The Morgan fingerprint density at radius 3 is 2.61 bits per heavy atom. The van der Waals surface area contributed by atoms with Gasteiger partial charge in [0.1, 0.15) is 0 Å². The Morgan fingerprint density at radius 2 is 1.87 bits per heavy atom. The summed E-state index contributed by atoms with van der Waals surface area (Å²) >= 11 is 0. The Kier molecular flexibility index (Phi) is 5.46. The van der Waals surface area contributed by atoms with Gasteiger partial charge in [-0.15, -0.1) is 0 Å². The average molecular weight is 314 g/mol. The van der Waals surface area contributed by atoms with Gasteiger partial charge in [0.15, 0.2) is 18.2 Å². The molecule has 0 aliphatic heterocycles. The van der Waals surface area contributed by atoms with Gasteiger partial charge < -0.3 is 4.74 Å². The summed E-state index contributed by atoms with van der Waals surface area (Å²) in [4.78, 5) is 11.7. The van der Waals surface area contributed by atoms with Crippen LogP contribution in [0.15, 0.2) is 41.5 Å². The predicted molar refractivity (Wildman–Crippen MR) is 88.3 cm³/mol. The molecule has 0 aliphatic carbocycles. The zero-order valence-electron chi connectivity index (χ0n) is 13.4. The fourth-order valence-electron chi connectivity index (χ4n) is 2.03. The molecule has 2 rings (SSSR count). The number of amides is 1. The van der Waals surface area contributed by atoms with Gasteiger partial charge in [0, 0.05) is 0 Å². The summed E-state index contributed by atoms with van der Waals surface area (Å²) in [5.74, 6) is -0.919. The Bertz CT molecular complexity index is 742. The van der Waals surface area contributed by atoms with E-state index in [0.717, 1.165) is 16.7 Å². The highest BCUT2D eigenvalue weighted by molar-refractivity contribution is 5.84. The summed E-state index contributed by atoms with van der Waals surface area (Å²) in [5.41, 5.74) is 6.75. The second-order valence-corrected chi connectivity index (χ2v) is 5.31. The van der Waals surface area contributed by atoms with E-state index in [1.807, 2.05) is 26.8 Å². The molecule has 1 N–H and O–H groups in total. The molecule has 0 atom stereocenters. The summed E-state index contributed by atoms with van der Waals surface area (Å²) in [6, 6.07) is 10.0. The number of rotatable bonds is 5. The maximum Gasteiger partial charge on any atom is 0.277 e. The van der Waals surface area contributed by atoms with Gasteiger partial charge in [0.2, 0.25) is 0 Å². The highest BCUT2D eigenvalue weighted by Gasteiger charge is 2.05. The van der Waals surface area contributed by atoms with Crippen molar-refractivity contribution in [2.45, 2.75) is 20.8 Å². The molecule has 0 fully saturated rings. The average Bonchev–Trinajstić information content (AvgIpc) is 2.51. The number of para-hydroxylation sites is 1. The minimum Gasteiger partial charge on any atom is -0.481 e. The smallest absolute Gasteiger partial charge is 0.277 e. The van der Waals surface area contributed by atoms with Crippen molar-refractivity contribution in [3.8, 4) is 5.75 Å². The van der Waals surface area contributed by atoms with E-state index in [2.05, 4.69) is 16.6 Å². The van der Waals surface area contributed by atoms with Crippen molar-refractivity contribution in [2.75, 3.05) is 6.61 Å². The molecule has 0 bridgehead atoms. The van der Waals surface area contributed by atoms with Crippen LogP contribution in [0.25, 0.3) is 0 Å². The van der Waals surface area contributed by atoms with Gasteiger partial charge in [0.05, 0.1) is 6.21 Å². The number of hydrogen-bond acceptors (Lipinski definition) is 3. The van der Waals surface area contributed by atoms with Gasteiger partial charge in [-0.2, -0.15) is 5.10 Å². The first-order chi connectivity index (χ1) is 11.0. The first kappa shape index (κ1) is 16.7. The number of carbonyl (C=O) groups is 1. The van der Waals surface area contributed by atoms with Crippen molar-refractivity contribution in [3.63, 3.8) is 0 Å². The molecule has 2 aromatic carbocycles. The lowest BCUT2D eigenvalue weighted by molar-refractivity contribution is -0.123. The third kappa shape index (κ3) is 4.64. The molecule has 23 heavy (non-hydrogen) atoms. The van der Waals surface area contributed by atoms with Crippen molar-refractivity contribution in [2.24, 2.45) is 5.10 Å². The molecule has 0 aromatic heterocycles. The van der Waals surface area contributed by atoms with E-state index < -0.39 is 11.7 Å². The highest BCUT2D eigenvalue weighted by atomic mass is 19.1. The second-order valence-electron chi connectivity index (χ2n) is 5.31. The van der Waals surface area contributed by atoms with Crippen LogP contribution in [-0.4, -0.2) is 18.7 Å². The Labute approximate surface area is 135 Å². The first-order valence-corrected chi connectivity index (χ1v) is 7.24. The topological polar surface area (TPSA) is 50.7 Å². The largest absolute Gasteiger partial charge is 0.481 e. The van der Waals surface area contributed by atoms with Crippen molar-refractivity contribution in [1.82, 2.24) is 5.43 Å². The van der Waals surface area contributed by atoms with Gasteiger partial charge in [-0.05, 0) is 61.2 Å². The van der Waals surface area contributed by atoms with Gasteiger partial charge >= 0.3 is 0 Å². The van der Waals surface area contributed by atoms with E-state index in [9.17, 15) is 9.18 Å². The quantitative estimate of drug-likeness (QED) is 0.680. The molecular weight excluding hydrogens is 295 g/mol. The molecule has 0 spiro atoms. The summed E-state index contributed by atoms with van der Waals surface area (Å²) in [5, 5.41) is 3.91. The second kappa shape index (κ2) is 7.54. The van der Waals surface area contributed by atoms with E-state index in [0.29, 0.717) is 0 Å². The number of hydrogen-bond donors (Lipinski definition) is 1. The van der Waals surface area contributed by atoms with Crippen LogP contribution in [0.4, 0.5) is 4.39 Å². The number of halogens is 1. The summed E-state index contributed by atoms with van der Waals surface area (Å²) in [6.07, 6.45) is 1.59. The number of nitrogens with zero attached hydrogens (tertiary/aromatic N) is 1. The fourth-order valence-corrected chi connectivity index (χ4v) is 2.03. The molecular formula is C18H19FN2O2. The molecule has 1 amide bonds. The van der Waals surface area contributed by atoms with Crippen LogP contribution >= 0.6 is 0 Å². The number of hydrazone groups is 1. The van der Waals surface area contributed by atoms with E-state index in [1.165, 1.54) is 17.7 Å². The maximum absolute atomic E-state index is 13.3. The van der Waals surface area contributed by atoms with E-state index in [-0.39, 0.29) is 12.4 Å². The highest BCUT2D eigenvalue weighted by Crippen LogP contribution is 2.15. The monoisotopic (exact) mass is 314 g/mol. The molecule has 5 heteroatoms. The molecule has 2 aromatic rings. The van der Waals surface area contributed by atoms with Crippen LogP contribution in [0, 0.1) is 26.6 Å². The van der Waals surface area contributed by atoms with E-state index in [1.54, 1.807) is 18.3 Å². The summed E-state index contributed by atoms with van der Waals surface area (Å²) in [6.45, 7) is 5.75. The number of carbonyl (C=O) groups excluding carboxylic acids is 1. The van der Waals surface area contributed by atoms with E-state index >= 15 is 0 Å². The molecule has 0 aliphatic rings. The normalized spacial score (nSPS) is 10.8. The fraction of sp³-hybridized carbons (Fsp3) is 0.222. The van der Waals surface area contributed by atoms with E-state index in [4.69, 9.17) is 4.74 Å². The molecule has 4 nitrogen and oxygen atoms in total. The third-order valence-electron chi connectivity index (χ3n) is 3.47. The molecule has 0 saturated heterocycles. The molecule has 0 heterocycles. The van der Waals surface area contributed by atoms with Crippen molar-refractivity contribution in [1.29, 1.82) is 0 Å². The Balaban J connectivity index is 1.89. The number of benzene rings is 2. The Morgan fingerprint density at radius 1 is 1.17 bits per heavy atom. The van der Waals surface area contributed by atoms with Crippen molar-refractivity contribution >= 4 is 12.1 Å². The standard InChI is InChI=1S/C18H19FN2O2/c1-12-8-14(3)15(9-13(12)2)10-20-21-18(22)11-23-17-7-5-4-6-16(17)19/h4-10H,11H2,1-3H3,(H,21,22)/b20-10-. The number of aryl methyl sites for hydroxylation is 3. The summed E-state index contributed by atoms with van der Waals surface area (Å²) in [7, 11) is 0. The number of nitrogens with one attached hydrogen (secondary N) is 1. The zero-order valence-corrected chi connectivity index (χ0v) is 13.4. The lowest BCUT2D eigenvalue weighted by atomic mass is 10.0. The van der Waals surface area contributed by atoms with Crippen molar-refractivity contribution in [3.05, 3.63) is 64.5 Å². The van der Waals surface area contributed by atoms with Gasteiger partial charge in [-0.25, -0.2) is 9.82 Å². The number of ether oxygens (including phenoxy) is 1. The first-order valence-electron chi connectivity index (χ1n) is 7.24. The molecule has 0 saturated carbocycles. The molecule has 0 unspecified atom stereocenters. The van der Waals surface area contributed by atoms with Gasteiger partial charge in [-0.3, -0.25) is 4.79 Å². The minimum absolute atomic E-state index is 0.0385. The van der Waals surface area contributed by atoms with Crippen LogP contribution in [0.3, 0.4) is 0 Å². The Hall–Kier alpha value is -2.69. The minimum atomic E-state index is -0.505. The lowest BCUT2D eigenvalue weighted by Gasteiger charge is -2.07. The lowest BCUT2D eigenvalue weighted by Crippen LogP contribution is -2.24. The summed E-state index contributed by atoms with van der Waals surface area (Å²) < 4.78 is 18.4. The maximum atomic E-state index is 13.3. The van der Waals surface area contributed by atoms with Crippen LogP contribution in [-0.2, 0) is 4.79 Å². The SMILES string of the molecule is Cc1cc(C)c(/C=N\NC(=O)COc2ccccc2F)cc1C. The zero-order chi connectivity index (χ0) is 16.8. The van der Waals surface area contributed by atoms with Crippen LogP contribution in [0.2, 0.25) is 0 Å². The predicted octanol–water partition coefficient (Wildman–Crippen LogP) is 3.28. The van der Waals surface area contributed by atoms with Crippen molar-refractivity contribution < 1.29 is 13.9 Å². The van der Waals surface area contributed by atoms with Crippen LogP contribution in [0.5, 0.6) is 5.75 Å². The molecule has 120 valence electrons. The van der Waals surface area contributed by atoms with Gasteiger partial charge in [0.25, 0.3) is 5.91 Å². The third-order valence-corrected chi connectivity index (χ3v) is 3.47. The van der Waals surface area contributed by atoms with Crippen LogP contribution in [0.1, 0.15) is 22.3 Å². The van der Waals surface area contributed by atoms with Gasteiger partial charge in [-0.1, -0.05) is 18.2 Å².